The maximum Gasteiger partial charge on any atom is 0.373 e. The second kappa shape index (κ2) is 11.7. The van der Waals surface area contributed by atoms with Crippen molar-refractivity contribution in [3.8, 4) is 0 Å². The molecule has 2 aliphatic heterocycles. The molecule has 1 amide bonds. The van der Waals surface area contributed by atoms with Gasteiger partial charge in [-0.25, -0.2) is 9.79 Å². The summed E-state index contributed by atoms with van der Waals surface area (Å²) in [6, 6.07) is 19.5. The Bertz CT molecular complexity index is 1650. The van der Waals surface area contributed by atoms with Crippen LogP contribution in [0, 0.1) is 0 Å². The molecule has 2 saturated heterocycles. The van der Waals surface area contributed by atoms with Gasteiger partial charge < -0.3 is 23.4 Å². The van der Waals surface area contributed by atoms with E-state index >= 15 is 0 Å². The summed E-state index contributed by atoms with van der Waals surface area (Å²) in [5, 5.41) is 1.68. The molecule has 0 unspecified atom stereocenters. The topological polar surface area (TPSA) is 89.5 Å². The number of aromatic nitrogens is 1. The van der Waals surface area contributed by atoms with Crippen molar-refractivity contribution >= 4 is 57.2 Å². The second-order valence-electron chi connectivity index (χ2n) is 9.66. The minimum Gasteiger partial charge on any atom is -0.463 e. The molecule has 9 nitrogen and oxygen atoms in total. The minimum atomic E-state index is -0.512. The number of amides is 1. The number of aliphatic imine (C=N–C) groups is 1. The Morgan fingerprint density at radius 3 is 2.61 bits per heavy atom. The maximum atomic E-state index is 13.4. The number of hydrogen-bond donors (Lipinski definition) is 0. The maximum absolute atomic E-state index is 13.4. The zero-order valence-corrected chi connectivity index (χ0v) is 23.7. The van der Waals surface area contributed by atoms with Crippen LogP contribution in [0.15, 0.2) is 81.2 Å². The average Bonchev–Trinajstić information content (AvgIpc) is 3.70. The first-order valence-corrected chi connectivity index (χ1v) is 14.3. The van der Waals surface area contributed by atoms with Crippen LogP contribution >= 0.6 is 11.8 Å². The molecule has 0 spiro atoms. The molecule has 0 saturated carbocycles. The Labute approximate surface area is 242 Å². The van der Waals surface area contributed by atoms with Crippen molar-refractivity contribution in [1.29, 1.82) is 0 Å². The van der Waals surface area contributed by atoms with Gasteiger partial charge in [0.2, 0.25) is 5.76 Å². The molecule has 2 aliphatic rings. The Balaban J connectivity index is 1.26. The van der Waals surface area contributed by atoms with Gasteiger partial charge in [-0.3, -0.25) is 9.69 Å². The van der Waals surface area contributed by atoms with Crippen LogP contribution in [-0.4, -0.2) is 66.5 Å². The molecule has 4 heterocycles. The molecule has 0 bridgehead atoms. The molecule has 41 heavy (non-hydrogen) atoms. The number of carbonyl (C=O) groups excluding carboxylic acids is 2. The molecule has 4 aromatic rings. The smallest absolute Gasteiger partial charge is 0.373 e. The standard InChI is InChI=1S/C31H30N4O5S/c1-3-35-29(36)28(41-31(35)32-22-8-10-23(11-9-22)33-14-16-39-17-15-33)18-21-19-34(26-7-5-4-6-25(21)26)20-24-12-13-27(40-24)30(37)38-2/h4-13,18-19H,3,14-17,20H2,1-2H3/b28-18-,32-31?. The SMILES string of the molecule is CCN1C(=O)/C(=C/c2cn(Cc3ccc(C(=O)OC)o3)c3ccccc23)SC1=Nc1ccc(N2CCOCC2)cc1. The van der Waals surface area contributed by atoms with E-state index in [0.29, 0.717) is 28.9 Å². The summed E-state index contributed by atoms with van der Waals surface area (Å²) >= 11 is 1.39. The number of thioether (sulfide) groups is 1. The molecule has 0 aliphatic carbocycles. The lowest BCUT2D eigenvalue weighted by atomic mass is 10.1. The summed E-state index contributed by atoms with van der Waals surface area (Å²) in [6.07, 6.45) is 3.93. The monoisotopic (exact) mass is 570 g/mol. The molecule has 0 N–H and O–H groups in total. The fourth-order valence-corrected chi connectivity index (χ4v) is 6.10. The van der Waals surface area contributed by atoms with Crippen molar-refractivity contribution in [3.63, 3.8) is 0 Å². The first-order valence-electron chi connectivity index (χ1n) is 13.5. The number of hydrogen-bond acceptors (Lipinski definition) is 8. The van der Waals surface area contributed by atoms with E-state index in [-0.39, 0.29) is 11.7 Å². The number of morpholine rings is 1. The molecule has 0 atom stereocenters. The quantitative estimate of drug-likeness (QED) is 0.213. The first kappa shape index (κ1) is 26.9. The van der Waals surface area contributed by atoms with Gasteiger partial charge in [-0.05, 0) is 67.2 Å². The summed E-state index contributed by atoms with van der Waals surface area (Å²) < 4.78 is 17.9. The predicted molar refractivity (Wildman–Crippen MR) is 161 cm³/mol. The normalized spacial score (nSPS) is 17.8. The van der Waals surface area contributed by atoms with E-state index in [1.807, 2.05) is 60.2 Å². The average molecular weight is 571 g/mol. The van der Waals surface area contributed by atoms with Crippen LogP contribution in [0.4, 0.5) is 11.4 Å². The van der Waals surface area contributed by atoms with Gasteiger partial charge in [-0.2, -0.15) is 0 Å². The van der Waals surface area contributed by atoms with Crippen molar-refractivity contribution in [2.24, 2.45) is 4.99 Å². The molecule has 6 rings (SSSR count). The number of likely N-dealkylation sites (N-methyl/N-ethyl adjacent to an activating group) is 1. The minimum absolute atomic E-state index is 0.0632. The molecule has 210 valence electrons. The van der Waals surface area contributed by atoms with Gasteiger partial charge in [0.25, 0.3) is 5.91 Å². The van der Waals surface area contributed by atoms with Gasteiger partial charge >= 0.3 is 5.97 Å². The van der Waals surface area contributed by atoms with E-state index in [1.54, 1.807) is 17.0 Å². The van der Waals surface area contributed by atoms with E-state index in [4.69, 9.17) is 18.9 Å². The van der Waals surface area contributed by atoms with Gasteiger partial charge in [0, 0.05) is 48.0 Å². The van der Waals surface area contributed by atoms with E-state index in [2.05, 4.69) is 17.0 Å². The summed E-state index contributed by atoms with van der Waals surface area (Å²) in [5.74, 6) is 0.216. The van der Waals surface area contributed by atoms with Crippen LogP contribution in [0.1, 0.15) is 28.8 Å². The summed E-state index contributed by atoms with van der Waals surface area (Å²) in [7, 11) is 1.32. The highest BCUT2D eigenvalue weighted by molar-refractivity contribution is 8.18. The Morgan fingerprint density at radius 2 is 1.85 bits per heavy atom. The number of benzene rings is 2. The van der Waals surface area contributed by atoms with Crippen molar-refractivity contribution in [1.82, 2.24) is 9.47 Å². The predicted octanol–water partition coefficient (Wildman–Crippen LogP) is 5.53. The number of furan rings is 1. The summed E-state index contributed by atoms with van der Waals surface area (Å²) in [4.78, 5) is 34.7. The first-order chi connectivity index (χ1) is 20.0. The molecule has 2 fully saturated rings. The number of esters is 1. The molecule has 2 aromatic carbocycles. The van der Waals surface area contributed by atoms with Crippen LogP contribution in [0.2, 0.25) is 0 Å². The van der Waals surface area contributed by atoms with E-state index in [1.165, 1.54) is 18.9 Å². The lowest BCUT2D eigenvalue weighted by Gasteiger charge is -2.28. The highest BCUT2D eigenvalue weighted by Crippen LogP contribution is 2.36. The van der Waals surface area contributed by atoms with Crippen molar-refractivity contribution < 1.29 is 23.5 Å². The Kier molecular flexibility index (Phi) is 7.67. The van der Waals surface area contributed by atoms with Gasteiger partial charge in [-0.15, -0.1) is 0 Å². The van der Waals surface area contributed by atoms with E-state index in [0.717, 1.165) is 54.1 Å². The van der Waals surface area contributed by atoms with Gasteiger partial charge in [0.15, 0.2) is 5.17 Å². The number of carbonyl (C=O) groups is 2. The van der Waals surface area contributed by atoms with E-state index < -0.39 is 5.97 Å². The number of nitrogens with zero attached hydrogens (tertiary/aromatic N) is 4. The number of rotatable bonds is 7. The number of methoxy groups -OCH3 is 1. The highest BCUT2D eigenvalue weighted by atomic mass is 32.2. The fourth-order valence-electron chi connectivity index (χ4n) is 5.04. The van der Waals surface area contributed by atoms with Gasteiger partial charge in [0.1, 0.15) is 5.76 Å². The highest BCUT2D eigenvalue weighted by Gasteiger charge is 2.32. The number of para-hydroxylation sites is 1. The molecule has 2 aromatic heterocycles. The van der Waals surface area contributed by atoms with Crippen LogP contribution < -0.4 is 4.90 Å². The Morgan fingerprint density at radius 1 is 1.07 bits per heavy atom. The largest absolute Gasteiger partial charge is 0.463 e. The second-order valence-corrected chi connectivity index (χ2v) is 10.7. The Hall–Kier alpha value is -4.28. The summed E-state index contributed by atoms with van der Waals surface area (Å²) in [6.45, 7) is 6.14. The van der Waals surface area contributed by atoms with Crippen molar-refractivity contribution in [2.75, 3.05) is 44.9 Å². The molecular formula is C31H30N4O5S. The van der Waals surface area contributed by atoms with Crippen LogP contribution in [-0.2, 0) is 20.8 Å². The van der Waals surface area contributed by atoms with Gasteiger partial charge in [-0.1, -0.05) is 18.2 Å². The third-order valence-corrected chi connectivity index (χ3v) is 8.14. The van der Waals surface area contributed by atoms with Crippen LogP contribution in [0.25, 0.3) is 17.0 Å². The van der Waals surface area contributed by atoms with Gasteiger partial charge in [0.05, 0.1) is 37.5 Å². The third kappa shape index (κ3) is 5.53. The zero-order valence-electron chi connectivity index (χ0n) is 22.9. The molecular weight excluding hydrogens is 540 g/mol. The molecule has 0 radical (unpaired) electrons. The fraction of sp³-hybridized carbons (Fsp3) is 0.258. The van der Waals surface area contributed by atoms with Crippen molar-refractivity contribution in [2.45, 2.75) is 13.5 Å². The van der Waals surface area contributed by atoms with Crippen LogP contribution in [0.3, 0.4) is 0 Å². The number of fused-ring (bicyclic) bond motifs is 1. The summed E-state index contributed by atoms with van der Waals surface area (Å²) in [5.41, 5.74) is 3.86. The van der Waals surface area contributed by atoms with Crippen molar-refractivity contribution in [3.05, 3.63) is 88.8 Å². The number of amidine groups is 1. The number of ether oxygens (including phenoxy) is 2. The van der Waals surface area contributed by atoms with Crippen LogP contribution in [0.5, 0.6) is 0 Å². The lowest BCUT2D eigenvalue weighted by molar-refractivity contribution is -0.122. The number of anilines is 1. The molecule has 10 heteroatoms. The lowest BCUT2D eigenvalue weighted by Crippen LogP contribution is -2.36. The zero-order chi connectivity index (χ0) is 28.3. The third-order valence-electron chi connectivity index (χ3n) is 7.14. The van der Waals surface area contributed by atoms with E-state index in [9.17, 15) is 9.59 Å².